The molecule has 0 unspecified atom stereocenters. The molecule has 0 saturated heterocycles. The van der Waals surface area contributed by atoms with Crippen molar-refractivity contribution in [3.63, 3.8) is 0 Å². The Hall–Kier alpha value is -2.83. The van der Waals surface area contributed by atoms with Gasteiger partial charge in [-0.25, -0.2) is 4.98 Å². The third-order valence-corrected chi connectivity index (χ3v) is 4.16. The molecule has 0 radical (unpaired) electrons. The summed E-state index contributed by atoms with van der Waals surface area (Å²) in [7, 11) is 0. The number of hydrogen-bond acceptors (Lipinski definition) is 5. The lowest BCUT2D eigenvalue weighted by Gasteiger charge is -2.18. The lowest BCUT2D eigenvalue weighted by molar-refractivity contribution is -0.123. The number of ether oxygens (including phenoxy) is 2. The predicted octanol–water partition coefficient (Wildman–Crippen LogP) is 1.46. The molecule has 1 aliphatic heterocycles. The molecule has 3 rings (SSSR count). The van der Waals surface area contributed by atoms with Gasteiger partial charge in [0.25, 0.3) is 11.5 Å². The first kappa shape index (κ1) is 18.0. The molecule has 7 heteroatoms. The number of fused-ring (bicyclic) bond motifs is 1. The number of amides is 1. The Kier molecular flexibility index (Phi) is 4.97. The van der Waals surface area contributed by atoms with Crippen LogP contribution in [0.2, 0.25) is 0 Å². The predicted molar refractivity (Wildman–Crippen MR) is 96.6 cm³/mol. The van der Waals surface area contributed by atoms with Gasteiger partial charge in [0.2, 0.25) is 0 Å². The molecule has 26 heavy (non-hydrogen) atoms. The number of carbonyl (C=O) groups excluding carboxylic acids is 1. The standard InChI is InChI=1S/C19H23N3O4/c1-13-10-20-12-22(18(13)24)8-7-21-16(23)11-25-15-6-4-5-14-9-19(2,3)26-17(14)15/h4-6,10,12H,7-9,11H2,1-3H3,(H,21,23). The summed E-state index contributed by atoms with van der Waals surface area (Å²) >= 11 is 0. The van der Waals surface area contributed by atoms with Gasteiger partial charge in [0, 0.05) is 36.8 Å². The number of rotatable bonds is 6. The van der Waals surface area contributed by atoms with Gasteiger partial charge in [-0.3, -0.25) is 14.2 Å². The lowest BCUT2D eigenvalue weighted by Crippen LogP contribution is -2.34. The van der Waals surface area contributed by atoms with Crippen LogP contribution in [0.3, 0.4) is 0 Å². The van der Waals surface area contributed by atoms with Crippen molar-refractivity contribution in [2.24, 2.45) is 0 Å². The number of aromatic nitrogens is 2. The highest BCUT2D eigenvalue weighted by Gasteiger charge is 2.32. The summed E-state index contributed by atoms with van der Waals surface area (Å²) in [6.45, 7) is 6.32. The van der Waals surface area contributed by atoms with Gasteiger partial charge in [-0.2, -0.15) is 0 Å². The summed E-state index contributed by atoms with van der Waals surface area (Å²) in [4.78, 5) is 27.9. The third kappa shape index (κ3) is 4.04. The zero-order chi connectivity index (χ0) is 18.7. The fourth-order valence-electron chi connectivity index (χ4n) is 2.93. The molecular weight excluding hydrogens is 334 g/mol. The van der Waals surface area contributed by atoms with Crippen molar-refractivity contribution < 1.29 is 14.3 Å². The average Bonchev–Trinajstić information content (AvgIpc) is 2.91. The van der Waals surface area contributed by atoms with Gasteiger partial charge in [0.15, 0.2) is 18.1 Å². The molecule has 0 bridgehead atoms. The van der Waals surface area contributed by atoms with Gasteiger partial charge >= 0.3 is 0 Å². The SMILES string of the molecule is Cc1cncn(CCNC(=O)COc2cccc3c2OC(C)(C)C3)c1=O. The molecule has 0 aliphatic carbocycles. The molecule has 0 atom stereocenters. The Morgan fingerprint density at radius 2 is 2.23 bits per heavy atom. The van der Waals surface area contributed by atoms with Crippen LogP contribution in [0.25, 0.3) is 0 Å². The van der Waals surface area contributed by atoms with E-state index in [1.54, 1.807) is 13.0 Å². The quantitative estimate of drug-likeness (QED) is 0.846. The van der Waals surface area contributed by atoms with E-state index in [9.17, 15) is 9.59 Å². The maximum absolute atomic E-state index is 12.0. The van der Waals surface area contributed by atoms with Crippen LogP contribution < -0.4 is 20.3 Å². The van der Waals surface area contributed by atoms with Gasteiger partial charge in [0.05, 0.1) is 6.33 Å². The summed E-state index contributed by atoms with van der Waals surface area (Å²) in [5, 5.41) is 2.74. The topological polar surface area (TPSA) is 82.5 Å². The van der Waals surface area contributed by atoms with Crippen molar-refractivity contribution in [2.75, 3.05) is 13.2 Å². The normalized spacial score (nSPS) is 14.4. The van der Waals surface area contributed by atoms with Gasteiger partial charge < -0.3 is 14.8 Å². The Labute approximate surface area is 152 Å². The first-order chi connectivity index (χ1) is 12.4. The van der Waals surface area contributed by atoms with Crippen LogP contribution in [0.1, 0.15) is 25.0 Å². The van der Waals surface area contributed by atoms with E-state index < -0.39 is 0 Å². The summed E-state index contributed by atoms with van der Waals surface area (Å²) in [6.07, 6.45) is 3.79. The average molecular weight is 357 g/mol. The minimum Gasteiger partial charge on any atom is -0.483 e. The number of hydrogen-bond donors (Lipinski definition) is 1. The molecule has 7 nitrogen and oxygen atoms in total. The van der Waals surface area contributed by atoms with E-state index in [4.69, 9.17) is 9.47 Å². The van der Waals surface area contributed by atoms with E-state index in [1.165, 1.54) is 17.1 Å². The second-order valence-corrected chi connectivity index (χ2v) is 7.00. The molecule has 1 aliphatic rings. The largest absolute Gasteiger partial charge is 0.483 e. The minimum absolute atomic E-state index is 0.106. The second kappa shape index (κ2) is 7.19. The Balaban J connectivity index is 1.51. The van der Waals surface area contributed by atoms with Crippen molar-refractivity contribution in [1.82, 2.24) is 14.9 Å². The number of nitrogens with zero attached hydrogens (tertiary/aromatic N) is 2. The van der Waals surface area contributed by atoms with Crippen LogP contribution in [-0.2, 0) is 17.8 Å². The van der Waals surface area contributed by atoms with Gasteiger partial charge in [-0.05, 0) is 26.8 Å². The molecule has 0 fully saturated rings. The van der Waals surface area contributed by atoms with E-state index in [0.29, 0.717) is 30.2 Å². The fourth-order valence-corrected chi connectivity index (χ4v) is 2.93. The summed E-state index contributed by atoms with van der Waals surface area (Å²) in [5.74, 6) is 1.03. The molecule has 138 valence electrons. The van der Waals surface area contributed by atoms with Crippen LogP contribution in [0, 0.1) is 6.92 Å². The number of nitrogens with one attached hydrogen (secondary N) is 1. The first-order valence-corrected chi connectivity index (χ1v) is 8.57. The summed E-state index contributed by atoms with van der Waals surface area (Å²) < 4.78 is 13.0. The van der Waals surface area contributed by atoms with Gasteiger partial charge in [0.1, 0.15) is 5.60 Å². The number of benzene rings is 1. The van der Waals surface area contributed by atoms with Crippen LogP contribution in [0.4, 0.5) is 0 Å². The highest BCUT2D eigenvalue weighted by atomic mass is 16.5. The molecule has 1 amide bonds. The van der Waals surface area contributed by atoms with Crippen LogP contribution in [0.5, 0.6) is 11.5 Å². The number of para-hydroxylation sites is 1. The highest BCUT2D eigenvalue weighted by Crippen LogP contribution is 2.41. The lowest BCUT2D eigenvalue weighted by atomic mass is 10.0. The summed E-state index contributed by atoms with van der Waals surface area (Å²) in [5.41, 5.74) is 1.28. The van der Waals surface area contributed by atoms with Crippen LogP contribution in [-0.4, -0.2) is 34.2 Å². The molecule has 2 heterocycles. The van der Waals surface area contributed by atoms with Crippen molar-refractivity contribution in [3.05, 3.63) is 52.2 Å². The Bertz CT molecular complexity index is 873. The van der Waals surface area contributed by atoms with Crippen molar-refractivity contribution in [3.8, 4) is 11.5 Å². The van der Waals surface area contributed by atoms with Gasteiger partial charge in [-0.15, -0.1) is 0 Å². The van der Waals surface area contributed by atoms with E-state index in [-0.39, 0.29) is 23.7 Å². The highest BCUT2D eigenvalue weighted by molar-refractivity contribution is 5.77. The zero-order valence-electron chi connectivity index (χ0n) is 15.2. The van der Waals surface area contributed by atoms with E-state index in [2.05, 4.69) is 10.3 Å². The van der Waals surface area contributed by atoms with E-state index in [0.717, 1.165) is 12.0 Å². The van der Waals surface area contributed by atoms with Crippen LogP contribution >= 0.6 is 0 Å². The summed E-state index contributed by atoms with van der Waals surface area (Å²) in [6, 6.07) is 5.70. The minimum atomic E-state index is -0.265. The van der Waals surface area contributed by atoms with E-state index in [1.807, 2.05) is 26.0 Å². The van der Waals surface area contributed by atoms with Crippen molar-refractivity contribution in [2.45, 2.75) is 39.3 Å². The zero-order valence-corrected chi connectivity index (χ0v) is 15.2. The monoisotopic (exact) mass is 357 g/mol. The third-order valence-electron chi connectivity index (χ3n) is 4.16. The first-order valence-electron chi connectivity index (χ1n) is 8.57. The Morgan fingerprint density at radius 1 is 1.42 bits per heavy atom. The van der Waals surface area contributed by atoms with E-state index >= 15 is 0 Å². The number of aryl methyl sites for hydroxylation is 1. The molecule has 1 aromatic carbocycles. The van der Waals surface area contributed by atoms with Gasteiger partial charge in [-0.1, -0.05) is 12.1 Å². The molecule has 2 aromatic rings. The van der Waals surface area contributed by atoms with Crippen LogP contribution in [0.15, 0.2) is 35.5 Å². The Morgan fingerprint density at radius 3 is 3.04 bits per heavy atom. The molecule has 0 saturated carbocycles. The second-order valence-electron chi connectivity index (χ2n) is 7.00. The molecular formula is C19H23N3O4. The molecule has 1 N–H and O–H groups in total. The molecule has 1 aromatic heterocycles. The maximum Gasteiger partial charge on any atom is 0.258 e. The number of carbonyl (C=O) groups is 1. The van der Waals surface area contributed by atoms with Crippen molar-refractivity contribution in [1.29, 1.82) is 0 Å². The smallest absolute Gasteiger partial charge is 0.258 e. The fraction of sp³-hybridized carbons (Fsp3) is 0.421. The van der Waals surface area contributed by atoms with Crippen molar-refractivity contribution >= 4 is 5.91 Å². The maximum atomic E-state index is 12.0. The molecule has 0 spiro atoms.